The molecule has 30 heavy (non-hydrogen) atoms. The third-order valence-corrected chi connectivity index (χ3v) is 6.79. The van der Waals surface area contributed by atoms with Gasteiger partial charge in [-0.2, -0.15) is 0 Å². The van der Waals surface area contributed by atoms with Gasteiger partial charge in [0.05, 0.1) is 17.3 Å². The molecule has 3 heterocycles. The first-order valence-corrected chi connectivity index (χ1v) is 10.8. The number of aryl methyl sites for hydroxylation is 1. The van der Waals surface area contributed by atoms with Crippen LogP contribution in [0.15, 0.2) is 53.1 Å². The third-order valence-electron chi connectivity index (χ3n) is 5.58. The molecule has 0 aliphatic heterocycles. The lowest BCUT2D eigenvalue weighted by Crippen LogP contribution is -2.20. The molecule has 1 aliphatic rings. The van der Waals surface area contributed by atoms with Crippen LogP contribution in [0.25, 0.3) is 11.1 Å². The van der Waals surface area contributed by atoms with E-state index in [-0.39, 0.29) is 5.91 Å². The van der Waals surface area contributed by atoms with Crippen LogP contribution in [0, 0.1) is 0 Å². The molecule has 3 aromatic heterocycles. The maximum atomic E-state index is 13.3. The number of amides is 2. The van der Waals surface area contributed by atoms with E-state index in [9.17, 15) is 9.59 Å². The second kappa shape index (κ2) is 7.50. The number of thiophene rings is 1. The predicted octanol–water partition coefficient (Wildman–Crippen LogP) is 4.57. The molecule has 0 saturated carbocycles. The zero-order valence-corrected chi connectivity index (χ0v) is 17.1. The monoisotopic (exact) mass is 419 g/mol. The fourth-order valence-corrected chi connectivity index (χ4v) is 5.47. The van der Waals surface area contributed by atoms with Gasteiger partial charge in [-0.3, -0.25) is 9.59 Å². The fourth-order valence-electron chi connectivity index (χ4n) is 4.18. The Kier molecular flexibility index (Phi) is 4.67. The van der Waals surface area contributed by atoms with E-state index in [0.29, 0.717) is 28.4 Å². The van der Waals surface area contributed by atoms with E-state index in [2.05, 4.69) is 5.32 Å². The number of nitrogens with zero attached hydrogens (tertiary/aromatic N) is 1. The van der Waals surface area contributed by atoms with Gasteiger partial charge in [0.25, 0.3) is 11.8 Å². The summed E-state index contributed by atoms with van der Waals surface area (Å²) in [6.07, 6.45) is 5.50. The highest BCUT2D eigenvalue weighted by molar-refractivity contribution is 7.17. The number of aromatic nitrogens is 1. The van der Waals surface area contributed by atoms with Crippen molar-refractivity contribution < 1.29 is 14.0 Å². The second-order valence-electron chi connectivity index (χ2n) is 7.50. The largest absolute Gasteiger partial charge is 0.463 e. The smallest absolute Gasteiger partial charge is 0.273 e. The molecule has 7 heteroatoms. The van der Waals surface area contributed by atoms with Crippen molar-refractivity contribution in [3.8, 4) is 0 Å². The highest BCUT2D eigenvalue weighted by atomic mass is 32.1. The van der Waals surface area contributed by atoms with Crippen molar-refractivity contribution in [2.24, 2.45) is 5.73 Å². The summed E-state index contributed by atoms with van der Waals surface area (Å²) in [5.74, 6) is -0.767. The first-order chi connectivity index (χ1) is 14.6. The molecule has 0 saturated heterocycles. The lowest BCUT2D eigenvalue weighted by molar-refractivity contribution is 0.100. The minimum atomic E-state index is -0.488. The summed E-state index contributed by atoms with van der Waals surface area (Å²) in [5, 5.41) is 3.50. The SMILES string of the molecule is NC(=O)c1c(NC(=O)c2cc3occc3n2Cc2ccccc2)sc2c1CCCC2. The van der Waals surface area contributed by atoms with Gasteiger partial charge >= 0.3 is 0 Å². The quantitative estimate of drug-likeness (QED) is 0.496. The Balaban J connectivity index is 1.52. The first kappa shape index (κ1) is 18.7. The molecule has 0 fully saturated rings. The number of anilines is 1. The maximum absolute atomic E-state index is 13.3. The van der Waals surface area contributed by atoms with E-state index < -0.39 is 5.91 Å². The highest BCUT2D eigenvalue weighted by Crippen LogP contribution is 2.38. The van der Waals surface area contributed by atoms with Crippen molar-refractivity contribution in [2.75, 3.05) is 5.32 Å². The molecule has 0 atom stereocenters. The number of hydrogen-bond donors (Lipinski definition) is 2. The number of rotatable bonds is 5. The zero-order chi connectivity index (χ0) is 20.7. The van der Waals surface area contributed by atoms with Gasteiger partial charge in [0.1, 0.15) is 10.7 Å². The summed E-state index contributed by atoms with van der Waals surface area (Å²) in [5.41, 5.74) is 10.2. The molecule has 6 nitrogen and oxygen atoms in total. The number of carbonyl (C=O) groups is 2. The molecule has 152 valence electrons. The fraction of sp³-hybridized carbons (Fsp3) is 0.217. The van der Waals surface area contributed by atoms with Gasteiger partial charge in [-0.15, -0.1) is 11.3 Å². The highest BCUT2D eigenvalue weighted by Gasteiger charge is 2.26. The molecular weight excluding hydrogens is 398 g/mol. The molecule has 2 amide bonds. The van der Waals surface area contributed by atoms with Crippen molar-refractivity contribution in [1.82, 2.24) is 4.57 Å². The topological polar surface area (TPSA) is 90.3 Å². The van der Waals surface area contributed by atoms with Crippen molar-refractivity contribution >= 4 is 39.3 Å². The van der Waals surface area contributed by atoms with Gasteiger partial charge in [-0.1, -0.05) is 30.3 Å². The van der Waals surface area contributed by atoms with Gasteiger partial charge in [0, 0.05) is 23.6 Å². The molecule has 0 bridgehead atoms. The Labute approximate surface area is 177 Å². The molecule has 1 aliphatic carbocycles. The summed E-state index contributed by atoms with van der Waals surface area (Å²) in [4.78, 5) is 26.6. The third kappa shape index (κ3) is 3.21. The van der Waals surface area contributed by atoms with Crippen LogP contribution < -0.4 is 11.1 Å². The molecule has 0 radical (unpaired) electrons. The Morgan fingerprint density at radius 3 is 2.73 bits per heavy atom. The summed E-state index contributed by atoms with van der Waals surface area (Å²) >= 11 is 1.47. The van der Waals surface area contributed by atoms with Gasteiger partial charge < -0.3 is 20.0 Å². The molecule has 5 rings (SSSR count). The molecule has 0 spiro atoms. The van der Waals surface area contributed by atoms with E-state index in [4.69, 9.17) is 10.2 Å². The molecule has 4 aromatic rings. The Morgan fingerprint density at radius 1 is 1.13 bits per heavy atom. The Bertz CT molecular complexity index is 1250. The van der Waals surface area contributed by atoms with Crippen LogP contribution in [0.4, 0.5) is 5.00 Å². The minimum Gasteiger partial charge on any atom is -0.463 e. The number of hydrogen-bond acceptors (Lipinski definition) is 4. The Hall–Kier alpha value is -3.32. The summed E-state index contributed by atoms with van der Waals surface area (Å²) < 4.78 is 7.46. The van der Waals surface area contributed by atoms with E-state index in [1.807, 2.05) is 41.0 Å². The van der Waals surface area contributed by atoms with Crippen molar-refractivity contribution in [2.45, 2.75) is 32.2 Å². The standard InChI is InChI=1S/C23H21N3O3S/c24-21(27)20-15-8-4-5-9-19(15)30-23(20)25-22(28)17-12-18-16(10-11-29-18)26(17)13-14-6-2-1-3-7-14/h1-3,6-7,10-12H,4-5,8-9,13H2,(H2,24,27)(H,25,28). The number of primary amides is 1. The molecule has 3 N–H and O–H groups in total. The molecular formula is C23H21N3O3S. The van der Waals surface area contributed by atoms with E-state index >= 15 is 0 Å². The van der Waals surface area contributed by atoms with Crippen LogP contribution in [0.1, 0.15) is 49.7 Å². The summed E-state index contributed by atoms with van der Waals surface area (Å²) in [6.45, 7) is 0.538. The zero-order valence-electron chi connectivity index (χ0n) is 16.3. The average molecular weight is 420 g/mol. The van der Waals surface area contributed by atoms with Crippen LogP contribution in [0.5, 0.6) is 0 Å². The van der Waals surface area contributed by atoms with Crippen molar-refractivity contribution in [3.63, 3.8) is 0 Å². The normalized spacial score (nSPS) is 13.3. The number of benzene rings is 1. The predicted molar refractivity (Wildman–Crippen MR) is 117 cm³/mol. The number of furan rings is 1. The number of nitrogens with two attached hydrogens (primary N) is 1. The van der Waals surface area contributed by atoms with Crippen molar-refractivity contribution in [1.29, 1.82) is 0 Å². The van der Waals surface area contributed by atoms with Crippen LogP contribution in [0.2, 0.25) is 0 Å². The van der Waals surface area contributed by atoms with Crippen LogP contribution >= 0.6 is 11.3 Å². The number of carbonyl (C=O) groups excluding carboxylic acids is 2. The lowest BCUT2D eigenvalue weighted by Gasteiger charge is -2.12. The van der Waals surface area contributed by atoms with Gasteiger partial charge in [-0.25, -0.2) is 0 Å². The summed E-state index contributed by atoms with van der Waals surface area (Å²) in [7, 11) is 0. The Morgan fingerprint density at radius 2 is 1.93 bits per heavy atom. The van der Waals surface area contributed by atoms with Gasteiger partial charge in [0.15, 0.2) is 5.58 Å². The molecule has 0 unspecified atom stereocenters. The summed E-state index contributed by atoms with van der Waals surface area (Å²) in [6, 6.07) is 13.5. The lowest BCUT2D eigenvalue weighted by atomic mass is 9.95. The molecule has 1 aromatic carbocycles. The van der Waals surface area contributed by atoms with E-state index in [1.54, 1.807) is 12.3 Å². The average Bonchev–Trinajstić information content (AvgIpc) is 3.42. The van der Waals surface area contributed by atoms with Crippen LogP contribution in [0.3, 0.4) is 0 Å². The van der Waals surface area contributed by atoms with E-state index in [0.717, 1.165) is 47.2 Å². The van der Waals surface area contributed by atoms with Gasteiger partial charge in [-0.05, 0) is 36.8 Å². The van der Waals surface area contributed by atoms with Crippen LogP contribution in [-0.2, 0) is 19.4 Å². The second-order valence-corrected chi connectivity index (χ2v) is 8.61. The van der Waals surface area contributed by atoms with Crippen molar-refractivity contribution in [3.05, 3.63) is 76.0 Å². The van der Waals surface area contributed by atoms with E-state index in [1.165, 1.54) is 11.3 Å². The maximum Gasteiger partial charge on any atom is 0.273 e. The van der Waals surface area contributed by atoms with Gasteiger partial charge in [0.2, 0.25) is 0 Å². The van der Waals surface area contributed by atoms with Crippen LogP contribution in [-0.4, -0.2) is 16.4 Å². The number of nitrogens with one attached hydrogen (secondary N) is 1. The minimum absolute atomic E-state index is 0.279. The number of fused-ring (bicyclic) bond motifs is 2. The first-order valence-electron chi connectivity index (χ1n) is 9.98.